The first-order valence-corrected chi connectivity index (χ1v) is 16.6. The minimum atomic E-state index is -0.733. The van der Waals surface area contributed by atoms with Gasteiger partial charge < -0.3 is 18.9 Å². The predicted molar refractivity (Wildman–Crippen MR) is 175 cm³/mol. The molecule has 2 fully saturated rings. The van der Waals surface area contributed by atoms with Crippen LogP contribution in [0.1, 0.15) is 90.3 Å². The molecule has 0 bridgehead atoms. The molecule has 3 aromatic rings. The number of ketones is 1. The molecule has 9 nitrogen and oxygen atoms in total. The van der Waals surface area contributed by atoms with Crippen molar-refractivity contribution in [2.75, 3.05) is 13.2 Å². The summed E-state index contributed by atoms with van der Waals surface area (Å²) >= 11 is 0. The van der Waals surface area contributed by atoms with Gasteiger partial charge in [-0.3, -0.25) is 24.0 Å². The lowest BCUT2D eigenvalue weighted by Crippen LogP contribution is -2.31. The van der Waals surface area contributed by atoms with Gasteiger partial charge in [0, 0.05) is 5.56 Å². The summed E-state index contributed by atoms with van der Waals surface area (Å²) in [5.41, 5.74) is 2.99. The lowest BCUT2D eigenvalue weighted by molar-refractivity contribution is -0.155. The number of fused-ring (bicyclic) bond motifs is 3. The third kappa shape index (κ3) is 7.73. The molecule has 1 aliphatic carbocycles. The molecule has 0 spiro atoms. The summed E-state index contributed by atoms with van der Waals surface area (Å²) in [4.78, 5) is 61.4. The van der Waals surface area contributed by atoms with Gasteiger partial charge in [-0.25, -0.2) is 0 Å². The number of benzene rings is 3. The molecular weight excluding hydrogens is 612 g/mol. The molecule has 0 radical (unpaired) electrons. The fourth-order valence-corrected chi connectivity index (χ4v) is 6.78. The summed E-state index contributed by atoms with van der Waals surface area (Å²) < 4.78 is 21.6. The number of rotatable bonds is 15. The van der Waals surface area contributed by atoms with E-state index in [9.17, 15) is 24.0 Å². The zero-order chi connectivity index (χ0) is 33.5. The Morgan fingerprint density at radius 2 is 1.31 bits per heavy atom. The third-order valence-corrected chi connectivity index (χ3v) is 9.29. The van der Waals surface area contributed by atoms with Crippen LogP contribution in [0.4, 0.5) is 0 Å². The molecule has 48 heavy (non-hydrogen) atoms. The Kier molecular flexibility index (Phi) is 10.4. The highest BCUT2D eigenvalue weighted by atomic mass is 16.6. The molecule has 9 heteroatoms. The van der Waals surface area contributed by atoms with Crippen molar-refractivity contribution >= 4 is 35.7 Å². The Labute approximate surface area is 279 Å². The van der Waals surface area contributed by atoms with Gasteiger partial charge in [0.15, 0.2) is 5.78 Å². The van der Waals surface area contributed by atoms with Crippen LogP contribution in [0, 0.1) is 11.8 Å². The van der Waals surface area contributed by atoms with Crippen molar-refractivity contribution in [3.8, 4) is 11.5 Å². The first-order chi connectivity index (χ1) is 23.4. The van der Waals surface area contributed by atoms with Crippen LogP contribution < -0.4 is 9.47 Å². The molecule has 3 aromatic carbocycles. The summed E-state index contributed by atoms with van der Waals surface area (Å²) in [6.07, 6.45) is 9.67. The van der Waals surface area contributed by atoms with Gasteiger partial charge in [0.1, 0.15) is 11.5 Å². The van der Waals surface area contributed by atoms with E-state index in [-0.39, 0.29) is 18.6 Å². The fourth-order valence-electron chi connectivity index (χ4n) is 6.78. The molecule has 0 saturated carbocycles. The zero-order valence-electron chi connectivity index (χ0n) is 26.6. The van der Waals surface area contributed by atoms with Crippen LogP contribution in [0.5, 0.6) is 11.5 Å². The van der Waals surface area contributed by atoms with E-state index >= 15 is 0 Å². The molecule has 4 atom stereocenters. The summed E-state index contributed by atoms with van der Waals surface area (Å²) in [6.45, 7) is 1.15. The van der Waals surface area contributed by atoms with Crippen molar-refractivity contribution in [3.05, 3.63) is 101 Å². The Morgan fingerprint density at radius 3 is 2.00 bits per heavy atom. The average molecular weight is 651 g/mol. The first kappa shape index (κ1) is 32.9. The Balaban J connectivity index is 0.886. The van der Waals surface area contributed by atoms with Crippen LogP contribution in [0.3, 0.4) is 0 Å². The number of carbonyl (C=O) groups excluding carboxylic acids is 5. The van der Waals surface area contributed by atoms with Gasteiger partial charge in [-0.1, -0.05) is 80.3 Å². The van der Waals surface area contributed by atoms with Gasteiger partial charge in [0.25, 0.3) is 0 Å². The molecule has 0 aromatic heterocycles. The number of allylic oxidation sites excluding steroid dienone is 1. The van der Waals surface area contributed by atoms with E-state index in [0.717, 1.165) is 55.4 Å². The SMILES string of the molecule is O=C1CC(C2CC3C(=O)OC(=O)C3c3cc(OCCCCCCCCOc4ccc(/C=C/C(=O)c5ccccc5)cc4)ccc32)C(=O)O1. The lowest BCUT2D eigenvalue weighted by atomic mass is 9.67. The first-order valence-electron chi connectivity index (χ1n) is 16.6. The number of unbranched alkanes of at least 4 members (excludes halogenated alkanes) is 5. The van der Waals surface area contributed by atoms with E-state index in [1.54, 1.807) is 30.4 Å². The highest BCUT2D eigenvalue weighted by Gasteiger charge is 2.53. The summed E-state index contributed by atoms with van der Waals surface area (Å²) in [6, 6.07) is 22.3. The number of hydrogen-bond donors (Lipinski definition) is 0. The van der Waals surface area contributed by atoms with E-state index in [1.165, 1.54) is 0 Å². The van der Waals surface area contributed by atoms with Crippen molar-refractivity contribution in [2.24, 2.45) is 11.8 Å². The van der Waals surface area contributed by atoms with Gasteiger partial charge in [-0.15, -0.1) is 0 Å². The average Bonchev–Trinajstić information content (AvgIpc) is 3.59. The van der Waals surface area contributed by atoms with Crippen LogP contribution in [-0.2, 0) is 28.7 Å². The largest absolute Gasteiger partial charge is 0.494 e. The number of cyclic esters (lactones) is 4. The normalized spacial score (nSPS) is 21.5. The fraction of sp³-hybridized carbons (Fsp3) is 0.359. The van der Waals surface area contributed by atoms with E-state index in [0.29, 0.717) is 30.1 Å². The predicted octanol–water partition coefficient (Wildman–Crippen LogP) is 6.74. The standard InChI is InChI=1S/C39H38O9/c40-34(26-10-6-5-7-11-26)19-14-25-12-15-27(16-13-25)45-20-8-3-1-2-4-9-21-46-28-17-18-29-30(32-24-35(41)47-37(32)42)23-33-36(31(29)22-28)39(44)48-38(33)43/h5-7,10-19,22,30,32-33,36H,1-4,8-9,20-21,23-24H2/b19-14+. The van der Waals surface area contributed by atoms with Crippen molar-refractivity contribution in [1.82, 2.24) is 0 Å². The van der Waals surface area contributed by atoms with Crippen LogP contribution >= 0.6 is 0 Å². The van der Waals surface area contributed by atoms with Crippen molar-refractivity contribution in [2.45, 2.75) is 63.2 Å². The summed E-state index contributed by atoms with van der Waals surface area (Å²) in [5, 5.41) is 0. The minimum Gasteiger partial charge on any atom is -0.494 e. The molecule has 4 unspecified atom stereocenters. The van der Waals surface area contributed by atoms with Crippen molar-refractivity contribution < 1.29 is 42.9 Å². The smallest absolute Gasteiger partial charge is 0.321 e. The Bertz CT molecular complexity index is 1690. The molecule has 3 aliphatic rings. The third-order valence-electron chi connectivity index (χ3n) is 9.29. The van der Waals surface area contributed by atoms with Gasteiger partial charge in [0.05, 0.1) is 37.4 Å². The topological polar surface area (TPSA) is 122 Å². The van der Waals surface area contributed by atoms with Crippen molar-refractivity contribution in [1.29, 1.82) is 0 Å². The minimum absolute atomic E-state index is 0.0283. The van der Waals surface area contributed by atoms with Gasteiger partial charge in [-0.05, 0) is 72.2 Å². The van der Waals surface area contributed by atoms with E-state index in [1.807, 2.05) is 54.6 Å². The zero-order valence-corrected chi connectivity index (χ0v) is 26.6. The second kappa shape index (κ2) is 15.2. The lowest BCUT2D eigenvalue weighted by Gasteiger charge is -2.33. The van der Waals surface area contributed by atoms with Gasteiger partial charge in [0.2, 0.25) is 0 Å². The maximum Gasteiger partial charge on any atom is 0.321 e. The highest BCUT2D eigenvalue weighted by Crippen LogP contribution is 2.51. The van der Waals surface area contributed by atoms with Crippen LogP contribution in [0.15, 0.2) is 78.9 Å². The number of esters is 4. The molecule has 0 N–H and O–H groups in total. The quantitative estimate of drug-likeness (QED) is 0.0579. The second-order valence-corrected chi connectivity index (χ2v) is 12.5. The van der Waals surface area contributed by atoms with E-state index < -0.39 is 47.5 Å². The van der Waals surface area contributed by atoms with E-state index in [4.69, 9.17) is 18.9 Å². The molecule has 2 saturated heterocycles. The summed E-state index contributed by atoms with van der Waals surface area (Å²) in [5.74, 6) is -3.49. The van der Waals surface area contributed by atoms with Gasteiger partial charge >= 0.3 is 23.9 Å². The highest BCUT2D eigenvalue weighted by molar-refractivity contribution is 6.06. The monoisotopic (exact) mass is 650 g/mol. The van der Waals surface area contributed by atoms with Crippen molar-refractivity contribution in [3.63, 3.8) is 0 Å². The molecule has 6 rings (SSSR count). The van der Waals surface area contributed by atoms with Crippen LogP contribution in [0.25, 0.3) is 6.08 Å². The molecule has 0 amide bonds. The molecular formula is C39H38O9. The number of ether oxygens (including phenoxy) is 4. The summed E-state index contributed by atoms with van der Waals surface area (Å²) in [7, 11) is 0. The molecule has 2 aliphatic heterocycles. The van der Waals surface area contributed by atoms with E-state index in [2.05, 4.69) is 0 Å². The molecule has 248 valence electrons. The number of hydrogen-bond acceptors (Lipinski definition) is 9. The second-order valence-electron chi connectivity index (χ2n) is 12.5. The number of carbonyl (C=O) groups is 5. The van der Waals surface area contributed by atoms with Gasteiger partial charge in [-0.2, -0.15) is 0 Å². The van der Waals surface area contributed by atoms with Crippen LogP contribution in [-0.4, -0.2) is 42.9 Å². The van der Waals surface area contributed by atoms with Crippen LogP contribution in [0.2, 0.25) is 0 Å². The Hall–Kier alpha value is -5.05. The maximum atomic E-state index is 12.6. The molecule has 2 heterocycles. The maximum absolute atomic E-state index is 12.6. The Morgan fingerprint density at radius 1 is 0.667 bits per heavy atom.